The summed E-state index contributed by atoms with van der Waals surface area (Å²) in [7, 11) is 0. The smallest absolute Gasteiger partial charge is 0.219 e. The molecule has 114 valence electrons. The SMILES string of the molecule is CC(=O)N1CCC[C@@H](c2nccnc2-c2ccccc2F)C1. The molecule has 0 N–H and O–H groups in total. The van der Waals surface area contributed by atoms with Gasteiger partial charge >= 0.3 is 0 Å². The van der Waals surface area contributed by atoms with Gasteiger partial charge in [0.05, 0.1) is 11.4 Å². The Labute approximate surface area is 129 Å². The van der Waals surface area contributed by atoms with Gasteiger partial charge in [-0.25, -0.2) is 4.39 Å². The largest absolute Gasteiger partial charge is 0.342 e. The second kappa shape index (κ2) is 6.22. The van der Waals surface area contributed by atoms with E-state index in [-0.39, 0.29) is 17.6 Å². The maximum Gasteiger partial charge on any atom is 0.219 e. The fraction of sp³-hybridized carbons (Fsp3) is 0.353. The minimum atomic E-state index is -0.302. The summed E-state index contributed by atoms with van der Waals surface area (Å²) in [4.78, 5) is 22.2. The van der Waals surface area contributed by atoms with Crippen molar-refractivity contribution in [3.63, 3.8) is 0 Å². The van der Waals surface area contributed by atoms with Crippen molar-refractivity contribution in [1.82, 2.24) is 14.9 Å². The average Bonchev–Trinajstić information content (AvgIpc) is 2.55. The predicted octanol–water partition coefficient (Wildman–Crippen LogP) is 3.01. The van der Waals surface area contributed by atoms with Crippen LogP contribution in [0.2, 0.25) is 0 Å². The number of carbonyl (C=O) groups is 1. The van der Waals surface area contributed by atoms with Gasteiger partial charge in [0.2, 0.25) is 5.91 Å². The van der Waals surface area contributed by atoms with Gasteiger partial charge in [-0.3, -0.25) is 14.8 Å². The van der Waals surface area contributed by atoms with Crippen LogP contribution in [0.25, 0.3) is 11.3 Å². The summed E-state index contributed by atoms with van der Waals surface area (Å²) in [5, 5.41) is 0. The molecule has 1 aliphatic heterocycles. The number of carbonyl (C=O) groups excluding carboxylic acids is 1. The monoisotopic (exact) mass is 299 g/mol. The van der Waals surface area contributed by atoms with Gasteiger partial charge in [-0.05, 0) is 25.0 Å². The molecule has 1 aromatic heterocycles. The van der Waals surface area contributed by atoms with Crippen molar-refractivity contribution in [2.24, 2.45) is 0 Å². The molecule has 1 atom stereocenters. The van der Waals surface area contributed by atoms with Crippen molar-refractivity contribution in [2.75, 3.05) is 13.1 Å². The molecule has 0 saturated carbocycles. The van der Waals surface area contributed by atoms with Crippen molar-refractivity contribution in [3.8, 4) is 11.3 Å². The number of benzene rings is 1. The Morgan fingerprint density at radius 1 is 1.27 bits per heavy atom. The molecule has 22 heavy (non-hydrogen) atoms. The Kier molecular flexibility index (Phi) is 4.13. The van der Waals surface area contributed by atoms with Crippen LogP contribution in [-0.4, -0.2) is 33.9 Å². The minimum Gasteiger partial charge on any atom is -0.342 e. The van der Waals surface area contributed by atoms with Crippen molar-refractivity contribution in [1.29, 1.82) is 0 Å². The molecule has 0 unspecified atom stereocenters. The highest BCUT2D eigenvalue weighted by Gasteiger charge is 2.27. The van der Waals surface area contributed by atoms with Gasteiger partial charge in [-0.15, -0.1) is 0 Å². The van der Waals surface area contributed by atoms with E-state index in [1.54, 1.807) is 37.5 Å². The average molecular weight is 299 g/mol. The molecule has 1 fully saturated rings. The normalized spacial score (nSPS) is 18.3. The number of likely N-dealkylation sites (tertiary alicyclic amines) is 1. The third kappa shape index (κ3) is 2.84. The van der Waals surface area contributed by atoms with E-state index < -0.39 is 0 Å². The molecule has 0 aliphatic carbocycles. The zero-order valence-corrected chi connectivity index (χ0v) is 12.5. The van der Waals surface area contributed by atoms with Crippen LogP contribution in [-0.2, 0) is 4.79 Å². The van der Waals surface area contributed by atoms with Crippen LogP contribution in [0.5, 0.6) is 0 Å². The molecule has 4 nitrogen and oxygen atoms in total. The number of piperidine rings is 1. The number of nitrogens with zero attached hydrogens (tertiary/aromatic N) is 3. The number of hydrogen-bond acceptors (Lipinski definition) is 3. The topological polar surface area (TPSA) is 46.1 Å². The molecule has 0 spiro atoms. The van der Waals surface area contributed by atoms with Crippen LogP contribution >= 0.6 is 0 Å². The summed E-state index contributed by atoms with van der Waals surface area (Å²) in [6.45, 7) is 2.98. The molecule has 5 heteroatoms. The van der Waals surface area contributed by atoms with Crippen molar-refractivity contribution < 1.29 is 9.18 Å². The molecule has 1 saturated heterocycles. The highest BCUT2D eigenvalue weighted by atomic mass is 19.1. The summed E-state index contributed by atoms with van der Waals surface area (Å²) in [5.41, 5.74) is 1.82. The van der Waals surface area contributed by atoms with Crippen molar-refractivity contribution in [2.45, 2.75) is 25.7 Å². The van der Waals surface area contributed by atoms with E-state index in [1.165, 1.54) is 6.07 Å². The number of rotatable bonds is 2. The van der Waals surface area contributed by atoms with Gasteiger partial charge in [0, 0.05) is 43.9 Å². The summed E-state index contributed by atoms with van der Waals surface area (Å²) in [5.74, 6) is -0.134. The molecular weight excluding hydrogens is 281 g/mol. The highest BCUT2D eigenvalue weighted by Crippen LogP contribution is 2.32. The van der Waals surface area contributed by atoms with E-state index in [1.807, 2.05) is 4.90 Å². The Hall–Kier alpha value is -2.30. The van der Waals surface area contributed by atoms with Gasteiger partial charge < -0.3 is 4.90 Å². The number of halogens is 1. The first-order valence-electron chi connectivity index (χ1n) is 7.48. The molecule has 3 rings (SSSR count). The second-order valence-electron chi connectivity index (χ2n) is 5.57. The lowest BCUT2D eigenvalue weighted by Gasteiger charge is -2.32. The van der Waals surface area contributed by atoms with Crippen LogP contribution in [0.4, 0.5) is 4.39 Å². The van der Waals surface area contributed by atoms with Crippen LogP contribution < -0.4 is 0 Å². The van der Waals surface area contributed by atoms with E-state index in [0.717, 1.165) is 25.1 Å². The Morgan fingerprint density at radius 3 is 2.82 bits per heavy atom. The van der Waals surface area contributed by atoms with E-state index in [2.05, 4.69) is 9.97 Å². The summed E-state index contributed by atoms with van der Waals surface area (Å²) in [6.07, 6.45) is 5.07. The number of aromatic nitrogens is 2. The molecule has 0 radical (unpaired) electrons. The fourth-order valence-corrected chi connectivity index (χ4v) is 2.99. The summed E-state index contributed by atoms with van der Waals surface area (Å²) < 4.78 is 14.1. The Balaban J connectivity index is 1.98. The van der Waals surface area contributed by atoms with Crippen LogP contribution in [0.1, 0.15) is 31.4 Å². The maximum absolute atomic E-state index is 14.1. The molecule has 2 aromatic rings. The summed E-state index contributed by atoms with van der Waals surface area (Å²) in [6, 6.07) is 6.59. The van der Waals surface area contributed by atoms with Crippen LogP contribution in [0.3, 0.4) is 0 Å². The third-order valence-corrected chi connectivity index (χ3v) is 4.11. The molecular formula is C17H18FN3O. The van der Waals surface area contributed by atoms with Gasteiger partial charge in [0.1, 0.15) is 5.82 Å². The first-order valence-corrected chi connectivity index (χ1v) is 7.48. The quantitative estimate of drug-likeness (QED) is 0.856. The molecule has 1 aromatic carbocycles. The highest BCUT2D eigenvalue weighted by molar-refractivity contribution is 5.73. The second-order valence-corrected chi connectivity index (χ2v) is 5.57. The molecule has 2 heterocycles. The van der Waals surface area contributed by atoms with Crippen LogP contribution in [0, 0.1) is 5.82 Å². The van der Waals surface area contributed by atoms with E-state index in [9.17, 15) is 9.18 Å². The zero-order valence-electron chi connectivity index (χ0n) is 12.5. The van der Waals surface area contributed by atoms with Gasteiger partial charge in [0.25, 0.3) is 0 Å². The van der Waals surface area contributed by atoms with Crippen molar-refractivity contribution in [3.05, 3.63) is 48.2 Å². The minimum absolute atomic E-state index is 0.0704. The number of hydrogen-bond donors (Lipinski definition) is 0. The van der Waals surface area contributed by atoms with E-state index in [4.69, 9.17) is 0 Å². The van der Waals surface area contributed by atoms with Crippen molar-refractivity contribution >= 4 is 5.91 Å². The first kappa shape index (κ1) is 14.6. The fourth-order valence-electron chi connectivity index (χ4n) is 2.99. The zero-order chi connectivity index (χ0) is 15.5. The molecule has 1 amide bonds. The lowest BCUT2D eigenvalue weighted by Crippen LogP contribution is -2.38. The number of amides is 1. The molecule has 1 aliphatic rings. The van der Waals surface area contributed by atoms with Gasteiger partial charge in [0.15, 0.2) is 0 Å². The van der Waals surface area contributed by atoms with E-state index in [0.29, 0.717) is 17.8 Å². The third-order valence-electron chi connectivity index (χ3n) is 4.11. The maximum atomic E-state index is 14.1. The van der Waals surface area contributed by atoms with Gasteiger partial charge in [-0.2, -0.15) is 0 Å². The first-order chi connectivity index (χ1) is 10.7. The van der Waals surface area contributed by atoms with E-state index >= 15 is 0 Å². The standard InChI is InChI=1S/C17H18FN3O/c1-12(22)21-10-4-5-13(11-21)16-17(20-9-8-19-16)14-6-2-3-7-15(14)18/h2-3,6-9,13H,4-5,10-11H2,1H3/t13-/m1/s1. The molecule has 0 bridgehead atoms. The lowest BCUT2D eigenvalue weighted by atomic mass is 9.91. The van der Waals surface area contributed by atoms with Crippen LogP contribution in [0.15, 0.2) is 36.7 Å². The lowest BCUT2D eigenvalue weighted by molar-refractivity contribution is -0.130. The summed E-state index contributed by atoms with van der Waals surface area (Å²) >= 11 is 0. The predicted molar refractivity (Wildman–Crippen MR) is 81.7 cm³/mol. The Morgan fingerprint density at radius 2 is 2.05 bits per heavy atom. The Bertz CT molecular complexity index is 689. The van der Waals surface area contributed by atoms with Gasteiger partial charge in [-0.1, -0.05) is 12.1 Å².